The van der Waals surface area contributed by atoms with Gasteiger partial charge in [-0.05, 0) is 25.5 Å². The molecule has 0 aromatic heterocycles. The lowest BCUT2D eigenvalue weighted by Crippen LogP contribution is -1.98. The number of rotatable bonds is 4. The van der Waals surface area contributed by atoms with Gasteiger partial charge in [-0.2, -0.15) is 4.39 Å². The maximum absolute atomic E-state index is 12.1. The Morgan fingerprint density at radius 3 is 2.70 bits per heavy atom. The highest BCUT2D eigenvalue weighted by Crippen LogP contribution is 1.99. The first-order chi connectivity index (χ1) is 4.68. The van der Waals surface area contributed by atoms with E-state index in [2.05, 4.69) is 0 Å². The fourth-order valence-electron chi connectivity index (χ4n) is 0.434. The van der Waals surface area contributed by atoms with E-state index < -0.39 is 11.8 Å². The molecule has 0 unspecified atom stereocenters. The Labute approximate surface area is 58.3 Å². The number of carboxylic acids is 1. The number of hydrogen-bond acceptors (Lipinski definition) is 2. The Morgan fingerprint density at radius 2 is 2.30 bits per heavy atom. The first kappa shape index (κ1) is 9.10. The third-order valence-electron chi connectivity index (χ3n) is 0.936. The molecular formula is C6H10FNO2. The molecule has 10 heavy (non-hydrogen) atoms. The van der Waals surface area contributed by atoms with Crippen LogP contribution in [0.4, 0.5) is 4.39 Å². The van der Waals surface area contributed by atoms with Gasteiger partial charge in [0.15, 0.2) is 0 Å². The molecule has 0 amide bonds. The van der Waals surface area contributed by atoms with Gasteiger partial charge in [0.2, 0.25) is 5.83 Å². The monoisotopic (exact) mass is 147 g/mol. The van der Waals surface area contributed by atoms with E-state index in [1.807, 2.05) is 0 Å². The van der Waals surface area contributed by atoms with Crippen LogP contribution in [0.3, 0.4) is 0 Å². The third kappa shape index (κ3) is 4.03. The molecule has 0 saturated carbocycles. The zero-order valence-electron chi connectivity index (χ0n) is 5.51. The van der Waals surface area contributed by atoms with Gasteiger partial charge in [0, 0.05) is 0 Å². The molecule has 0 rings (SSSR count). The molecule has 3 nitrogen and oxygen atoms in total. The maximum Gasteiger partial charge on any atom is 0.364 e. The smallest absolute Gasteiger partial charge is 0.364 e. The lowest BCUT2D eigenvalue weighted by atomic mass is 10.3. The molecule has 0 heterocycles. The molecule has 0 aromatic rings. The summed E-state index contributed by atoms with van der Waals surface area (Å²) in [5.41, 5.74) is 5.09. The third-order valence-corrected chi connectivity index (χ3v) is 0.936. The van der Waals surface area contributed by atoms with Crippen LogP contribution in [0.1, 0.15) is 12.8 Å². The molecule has 0 bridgehead atoms. The fraction of sp³-hybridized carbons (Fsp3) is 0.500. The summed E-state index contributed by atoms with van der Waals surface area (Å²) in [6.45, 7) is 0.448. The molecule has 0 atom stereocenters. The van der Waals surface area contributed by atoms with Crippen LogP contribution in [0.15, 0.2) is 11.9 Å². The quantitative estimate of drug-likeness (QED) is 0.453. The average molecular weight is 147 g/mol. The zero-order chi connectivity index (χ0) is 7.98. The van der Waals surface area contributed by atoms with Gasteiger partial charge >= 0.3 is 5.97 Å². The van der Waals surface area contributed by atoms with Crippen molar-refractivity contribution in [3.8, 4) is 0 Å². The highest BCUT2D eigenvalue weighted by Gasteiger charge is 2.02. The van der Waals surface area contributed by atoms with Crippen molar-refractivity contribution in [2.75, 3.05) is 6.54 Å². The number of aliphatic carboxylic acids is 1. The molecule has 0 aliphatic heterocycles. The Morgan fingerprint density at radius 1 is 1.70 bits per heavy atom. The second kappa shape index (κ2) is 4.93. The second-order valence-corrected chi connectivity index (χ2v) is 1.79. The molecule has 0 spiro atoms. The fourth-order valence-corrected chi connectivity index (χ4v) is 0.434. The highest BCUT2D eigenvalue weighted by molar-refractivity contribution is 5.83. The number of allylic oxidation sites excluding steroid dienone is 1. The number of carbonyl (C=O) groups is 1. The van der Waals surface area contributed by atoms with Crippen LogP contribution in [-0.4, -0.2) is 17.6 Å². The largest absolute Gasteiger partial charge is 0.476 e. The van der Waals surface area contributed by atoms with Gasteiger partial charge < -0.3 is 10.8 Å². The summed E-state index contributed by atoms with van der Waals surface area (Å²) in [5, 5.41) is 8.01. The number of carboxylic acid groups (broad SMARTS) is 1. The van der Waals surface area contributed by atoms with Crippen molar-refractivity contribution in [3.63, 3.8) is 0 Å². The van der Waals surface area contributed by atoms with Crippen molar-refractivity contribution in [2.24, 2.45) is 5.73 Å². The molecule has 0 aliphatic carbocycles. The summed E-state index contributed by atoms with van der Waals surface area (Å²) in [6, 6.07) is 0. The standard InChI is InChI=1S/C6H10FNO2/c7-5(6(9)10)3-1-2-4-8/h3H,1-2,4,8H2,(H,9,10). The van der Waals surface area contributed by atoms with Crippen LogP contribution >= 0.6 is 0 Å². The van der Waals surface area contributed by atoms with Crippen LogP contribution < -0.4 is 5.73 Å². The van der Waals surface area contributed by atoms with Crippen LogP contribution in [0.25, 0.3) is 0 Å². The van der Waals surface area contributed by atoms with Gasteiger partial charge in [0.25, 0.3) is 0 Å². The van der Waals surface area contributed by atoms with E-state index in [4.69, 9.17) is 10.8 Å². The Balaban J connectivity index is 3.58. The van der Waals surface area contributed by atoms with Crippen molar-refractivity contribution < 1.29 is 14.3 Å². The van der Waals surface area contributed by atoms with Crippen molar-refractivity contribution in [1.29, 1.82) is 0 Å². The van der Waals surface area contributed by atoms with Crippen molar-refractivity contribution in [2.45, 2.75) is 12.8 Å². The number of halogens is 1. The van der Waals surface area contributed by atoms with E-state index in [9.17, 15) is 9.18 Å². The predicted octanol–water partition coefficient (Wildman–Crippen LogP) is 0.663. The summed E-state index contributed by atoms with van der Waals surface area (Å²) in [4.78, 5) is 9.82. The van der Waals surface area contributed by atoms with Crippen LogP contribution in [0.5, 0.6) is 0 Å². The number of hydrogen-bond donors (Lipinski definition) is 2. The lowest BCUT2D eigenvalue weighted by Gasteiger charge is -1.89. The minimum atomic E-state index is -1.52. The zero-order valence-corrected chi connectivity index (χ0v) is 5.51. The maximum atomic E-state index is 12.1. The highest BCUT2D eigenvalue weighted by atomic mass is 19.1. The lowest BCUT2D eigenvalue weighted by molar-refractivity contribution is -0.134. The van der Waals surface area contributed by atoms with E-state index in [1.165, 1.54) is 0 Å². The normalized spacial score (nSPS) is 11.6. The summed E-state index contributed by atoms with van der Waals surface area (Å²) in [7, 11) is 0. The molecule has 58 valence electrons. The van der Waals surface area contributed by atoms with Gasteiger partial charge in [-0.3, -0.25) is 0 Å². The Kier molecular flexibility index (Phi) is 4.49. The molecule has 4 heteroatoms. The first-order valence-electron chi connectivity index (χ1n) is 2.97. The van der Waals surface area contributed by atoms with E-state index in [-0.39, 0.29) is 0 Å². The molecule has 0 fully saturated rings. The number of unbranched alkanes of at least 4 members (excludes halogenated alkanes) is 1. The van der Waals surface area contributed by atoms with E-state index in [1.54, 1.807) is 0 Å². The van der Waals surface area contributed by atoms with Crippen molar-refractivity contribution >= 4 is 5.97 Å². The van der Waals surface area contributed by atoms with Gasteiger partial charge in [-0.25, -0.2) is 4.79 Å². The van der Waals surface area contributed by atoms with Crippen LogP contribution in [-0.2, 0) is 4.79 Å². The molecule has 0 saturated heterocycles. The molecular weight excluding hydrogens is 137 g/mol. The molecule has 3 N–H and O–H groups in total. The van der Waals surface area contributed by atoms with Gasteiger partial charge in [0.05, 0.1) is 0 Å². The van der Waals surface area contributed by atoms with Gasteiger partial charge in [-0.1, -0.05) is 0 Å². The average Bonchev–Trinajstić information content (AvgIpc) is 1.88. The SMILES string of the molecule is NCCCC=C(F)C(=O)O. The predicted molar refractivity (Wildman–Crippen MR) is 35.1 cm³/mol. The second-order valence-electron chi connectivity index (χ2n) is 1.79. The minimum absolute atomic E-state index is 0.384. The summed E-state index contributed by atoms with van der Waals surface area (Å²) in [6.07, 6.45) is 2.02. The molecule has 0 radical (unpaired) electrons. The molecule has 0 aromatic carbocycles. The van der Waals surface area contributed by atoms with Crippen molar-refractivity contribution in [1.82, 2.24) is 0 Å². The first-order valence-corrected chi connectivity index (χ1v) is 2.97. The summed E-state index contributed by atoms with van der Waals surface area (Å²) in [5.74, 6) is -2.62. The van der Waals surface area contributed by atoms with E-state index in [0.29, 0.717) is 19.4 Å². The van der Waals surface area contributed by atoms with Gasteiger partial charge in [-0.15, -0.1) is 0 Å². The Hall–Kier alpha value is -0.900. The topological polar surface area (TPSA) is 63.3 Å². The van der Waals surface area contributed by atoms with Gasteiger partial charge in [0.1, 0.15) is 0 Å². The van der Waals surface area contributed by atoms with Crippen LogP contribution in [0, 0.1) is 0 Å². The number of nitrogens with two attached hydrogens (primary N) is 1. The summed E-state index contributed by atoms with van der Waals surface area (Å²) >= 11 is 0. The van der Waals surface area contributed by atoms with E-state index >= 15 is 0 Å². The van der Waals surface area contributed by atoms with Crippen molar-refractivity contribution in [3.05, 3.63) is 11.9 Å². The summed E-state index contributed by atoms with van der Waals surface area (Å²) < 4.78 is 12.1. The minimum Gasteiger partial charge on any atom is -0.476 e. The Bertz CT molecular complexity index is 145. The van der Waals surface area contributed by atoms with Crippen LogP contribution in [0.2, 0.25) is 0 Å². The van der Waals surface area contributed by atoms with E-state index in [0.717, 1.165) is 6.08 Å². The molecule has 0 aliphatic rings.